The first-order valence-electron chi connectivity index (χ1n) is 8.87. The number of carbonyl (C=O) groups is 2. The van der Waals surface area contributed by atoms with E-state index in [1.165, 1.54) is 12.8 Å². The van der Waals surface area contributed by atoms with Gasteiger partial charge in [0.05, 0.1) is 18.4 Å². The number of carbonyl (C=O) groups excluding carboxylic acids is 2. The van der Waals surface area contributed by atoms with E-state index in [0.29, 0.717) is 23.5 Å². The fraction of sp³-hybridized carbons (Fsp3) is 0.286. The molecule has 0 atom stereocenters. The number of ketones is 1. The van der Waals surface area contributed by atoms with Crippen LogP contribution in [0.25, 0.3) is 0 Å². The quantitative estimate of drug-likeness (QED) is 0.301. The zero-order chi connectivity index (χ0) is 18.6. The molecule has 0 aliphatic carbocycles. The predicted octanol–water partition coefficient (Wildman–Crippen LogP) is 4.24. The Morgan fingerprint density at radius 1 is 1.00 bits per heavy atom. The highest BCUT2D eigenvalue weighted by atomic mass is 16.5. The normalized spacial score (nSPS) is 10.7. The van der Waals surface area contributed by atoms with Crippen molar-refractivity contribution >= 4 is 17.9 Å². The van der Waals surface area contributed by atoms with Crippen LogP contribution in [0.2, 0.25) is 0 Å². The van der Waals surface area contributed by atoms with Crippen LogP contribution in [0, 0.1) is 0 Å². The number of Topliss-reactive ketones (excluding diaryl/α,β-unsaturated/α-hetero) is 1. The van der Waals surface area contributed by atoms with Crippen molar-refractivity contribution < 1.29 is 14.3 Å². The molecule has 0 aliphatic rings. The van der Waals surface area contributed by atoms with Gasteiger partial charge in [0.15, 0.2) is 0 Å². The highest BCUT2D eigenvalue weighted by molar-refractivity contribution is 6.36. The Hall–Kier alpha value is -2.95. The summed E-state index contributed by atoms with van der Waals surface area (Å²) < 4.78 is 5.73. The molecule has 2 aromatic carbocycles. The van der Waals surface area contributed by atoms with Crippen molar-refractivity contribution in [3.8, 4) is 5.75 Å². The third kappa shape index (κ3) is 6.16. The van der Waals surface area contributed by atoms with E-state index < -0.39 is 0 Å². The lowest BCUT2D eigenvalue weighted by atomic mass is 10.1. The van der Waals surface area contributed by atoms with Crippen molar-refractivity contribution in [2.75, 3.05) is 6.61 Å². The van der Waals surface area contributed by atoms with Crippen LogP contribution in [-0.2, 0) is 0 Å². The molecule has 5 heteroatoms. The number of ether oxygens (including phenoxy) is 1. The molecule has 1 N–H and O–H groups in total. The maximum atomic E-state index is 12.3. The fourth-order valence-corrected chi connectivity index (χ4v) is 2.38. The van der Waals surface area contributed by atoms with E-state index in [9.17, 15) is 9.59 Å². The van der Waals surface area contributed by atoms with Gasteiger partial charge < -0.3 is 4.74 Å². The van der Waals surface area contributed by atoms with Crippen LogP contribution < -0.4 is 10.2 Å². The zero-order valence-electron chi connectivity index (χ0n) is 15.0. The van der Waals surface area contributed by atoms with E-state index in [4.69, 9.17) is 4.74 Å². The Morgan fingerprint density at radius 3 is 2.50 bits per heavy atom. The molecule has 26 heavy (non-hydrogen) atoms. The number of unbranched alkanes of at least 4 members (excludes halogenated alkanes) is 3. The minimum atomic E-state index is -0.366. The van der Waals surface area contributed by atoms with E-state index >= 15 is 0 Å². The molecule has 0 bridgehead atoms. The number of nitrogens with one attached hydrogen (secondary N) is 1. The van der Waals surface area contributed by atoms with E-state index in [0.717, 1.165) is 19.1 Å². The molecular weight excluding hydrogens is 328 g/mol. The summed E-state index contributed by atoms with van der Waals surface area (Å²) in [4.78, 5) is 24.2. The molecule has 0 aromatic heterocycles. The van der Waals surface area contributed by atoms with Crippen molar-refractivity contribution in [3.63, 3.8) is 0 Å². The van der Waals surface area contributed by atoms with Gasteiger partial charge in [-0.05, 0) is 30.7 Å². The number of para-hydroxylation sites is 1. The van der Waals surface area contributed by atoms with Gasteiger partial charge in [0.1, 0.15) is 5.75 Å². The van der Waals surface area contributed by atoms with Gasteiger partial charge in [0.2, 0.25) is 5.78 Å². The lowest BCUT2D eigenvalue weighted by Gasteiger charge is -2.09. The molecule has 2 rings (SSSR count). The Bertz CT molecular complexity index is 742. The Labute approximate surface area is 154 Å². The van der Waals surface area contributed by atoms with Crippen LogP contribution >= 0.6 is 0 Å². The molecule has 0 fully saturated rings. The summed E-state index contributed by atoms with van der Waals surface area (Å²) in [6.07, 6.45) is 5.51. The highest BCUT2D eigenvalue weighted by Gasteiger charge is 2.10. The summed E-state index contributed by atoms with van der Waals surface area (Å²) in [5, 5.41) is 3.76. The van der Waals surface area contributed by atoms with Crippen LogP contribution in [-0.4, -0.2) is 24.5 Å². The van der Waals surface area contributed by atoms with Gasteiger partial charge in [0.25, 0.3) is 5.91 Å². The summed E-state index contributed by atoms with van der Waals surface area (Å²) in [6, 6.07) is 15.7. The van der Waals surface area contributed by atoms with Gasteiger partial charge in [-0.3, -0.25) is 9.59 Å². The molecule has 0 heterocycles. The molecule has 0 unspecified atom stereocenters. The maximum Gasteiger partial charge on any atom is 0.271 e. The molecule has 136 valence electrons. The smallest absolute Gasteiger partial charge is 0.271 e. The van der Waals surface area contributed by atoms with Gasteiger partial charge >= 0.3 is 0 Å². The Morgan fingerprint density at radius 2 is 1.73 bits per heavy atom. The van der Waals surface area contributed by atoms with Gasteiger partial charge in [-0.15, -0.1) is 0 Å². The van der Waals surface area contributed by atoms with E-state index in [-0.39, 0.29) is 11.7 Å². The number of rotatable bonds is 10. The maximum absolute atomic E-state index is 12.3. The predicted molar refractivity (Wildman–Crippen MR) is 103 cm³/mol. The number of nitrogens with zero attached hydrogens (tertiary/aromatic N) is 1. The van der Waals surface area contributed by atoms with Gasteiger partial charge in [-0.1, -0.05) is 56.5 Å². The topological polar surface area (TPSA) is 67.8 Å². The second-order valence-electron chi connectivity index (χ2n) is 5.83. The summed E-state index contributed by atoms with van der Waals surface area (Å²) in [5.41, 5.74) is 3.27. The number of hydrazone groups is 1. The van der Waals surface area contributed by atoms with Crippen molar-refractivity contribution in [2.24, 2.45) is 5.10 Å². The van der Waals surface area contributed by atoms with Crippen LogP contribution in [0.15, 0.2) is 59.7 Å². The zero-order valence-corrected chi connectivity index (χ0v) is 15.0. The first-order chi connectivity index (χ1) is 12.7. The first-order valence-corrected chi connectivity index (χ1v) is 8.87. The van der Waals surface area contributed by atoms with E-state index in [1.54, 1.807) is 42.5 Å². The largest absolute Gasteiger partial charge is 0.493 e. The standard InChI is InChI=1S/C21H24N2O3/c1-2-3-4-10-15-26-20-14-9-8-13-18(20)19(24)16-22-23-21(25)17-11-6-5-7-12-17/h5-9,11-14,16H,2-4,10,15H2,1H3,(H,23,25)/b22-16+. The highest BCUT2D eigenvalue weighted by Crippen LogP contribution is 2.18. The molecule has 0 spiro atoms. The lowest BCUT2D eigenvalue weighted by Crippen LogP contribution is -2.18. The molecule has 0 aliphatic heterocycles. The second-order valence-corrected chi connectivity index (χ2v) is 5.83. The van der Waals surface area contributed by atoms with Crippen LogP contribution in [0.4, 0.5) is 0 Å². The molecule has 1 amide bonds. The molecule has 0 radical (unpaired) electrons. The van der Waals surface area contributed by atoms with Crippen molar-refractivity contribution in [1.29, 1.82) is 0 Å². The van der Waals surface area contributed by atoms with Crippen LogP contribution in [0.5, 0.6) is 5.75 Å². The minimum absolute atomic E-state index is 0.317. The summed E-state index contributed by atoms with van der Waals surface area (Å²) in [6.45, 7) is 2.73. The van der Waals surface area contributed by atoms with Gasteiger partial charge in [-0.25, -0.2) is 5.43 Å². The van der Waals surface area contributed by atoms with E-state index in [2.05, 4.69) is 17.5 Å². The monoisotopic (exact) mass is 352 g/mol. The molecule has 5 nitrogen and oxygen atoms in total. The van der Waals surface area contributed by atoms with E-state index in [1.807, 2.05) is 12.1 Å². The van der Waals surface area contributed by atoms with Crippen LogP contribution in [0.3, 0.4) is 0 Å². The fourth-order valence-electron chi connectivity index (χ4n) is 2.38. The first kappa shape index (κ1) is 19.4. The third-order valence-corrected chi connectivity index (χ3v) is 3.79. The number of benzene rings is 2. The molecular formula is C21H24N2O3. The molecule has 0 saturated carbocycles. The average molecular weight is 352 g/mol. The minimum Gasteiger partial charge on any atom is -0.493 e. The number of hydrogen-bond donors (Lipinski definition) is 1. The summed E-state index contributed by atoms with van der Waals surface area (Å²) in [7, 11) is 0. The average Bonchev–Trinajstić information content (AvgIpc) is 2.68. The van der Waals surface area contributed by atoms with Crippen molar-refractivity contribution in [1.82, 2.24) is 5.43 Å². The van der Waals surface area contributed by atoms with Crippen LogP contribution in [0.1, 0.15) is 53.3 Å². The Kier molecular flexibility index (Phi) is 8.06. The summed E-state index contributed by atoms with van der Waals surface area (Å²) >= 11 is 0. The lowest BCUT2D eigenvalue weighted by molar-refractivity contribution is 0.0955. The number of hydrogen-bond acceptors (Lipinski definition) is 4. The van der Waals surface area contributed by atoms with Crippen molar-refractivity contribution in [3.05, 3.63) is 65.7 Å². The molecule has 0 saturated heterocycles. The summed E-state index contributed by atoms with van der Waals surface area (Å²) in [5.74, 6) is -0.146. The van der Waals surface area contributed by atoms with Gasteiger partial charge in [-0.2, -0.15) is 5.10 Å². The number of amides is 1. The van der Waals surface area contributed by atoms with Gasteiger partial charge in [0, 0.05) is 5.56 Å². The van der Waals surface area contributed by atoms with Crippen molar-refractivity contribution in [2.45, 2.75) is 32.6 Å². The second kappa shape index (κ2) is 10.8. The molecule has 2 aromatic rings. The Balaban J connectivity index is 1.91. The SMILES string of the molecule is CCCCCCOc1ccccc1C(=O)/C=N/NC(=O)c1ccccc1. The third-order valence-electron chi connectivity index (χ3n) is 3.79.